The van der Waals surface area contributed by atoms with Gasteiger partial charge >= 0.3 is 0 Å². The molecule has 1 aromatic carbocycles. The highest BCUT2D eigenvalue weighted by Crippen LogP contribution is 2.29. The van der Waals surface area contributed by atoms with Gasteiger partial charge in [0.15, 0.2) is 23.6 Å². The summed E-state index contributed by atoms with van der Waals surface area (Å²) in [7, 11) is 1.21. The third-order valence-corrected chi connectivity index (χ3v) is 1.44. The zero-order valence-corrected chi connectivity index (χ0v) is 6.37. The number of rotatable bonds is 2. The number of aldehydes is 1. The van der Waals surface area contributed by atoms with Crippen molar-refractivity contribution >= 4 is 6.29 Å². The highest BCUT2D eigenvalue weighted by Gasteiger charge is 2.12. The summed E-state index contributed by atoms with van der Waals surface area (Å²) in [6, 6.07) is 2.38. The van der Waals surface area contributed by atoms with Crippen LogP contribution in [0, 0.1) is 5.82 Å². The van der Waals surface area contributed by atoms with Crippen molar-refractivity contribution in [2.45, 2.75) is 0 Å². The number of carbonyl (C=O) groups is 1. The van der Waals surface area contributed by atoms with E-state index in [-0.39, 0.29) is 17.1 Å². The van der Waals surface area contributed by atoms with E-state index in [9.17, 15) is 9.18 Å². The van der Waals surface area contributed by atoms with Gasteiger partial charge in [-0.15, -0.1) is 0 Å². The molecule has 0 atom stereocenters. The van der Waals surface area contributed by atoms with Crippen molar-refractivity contribution in [1.82, 2.24) is 0 Å². The van der Waals surface area contributed by atoms with Crippen LogP contribution >= 0.6 is 0 Å². The van der Waals surface area contributed by atoms with Crippen molar-refractivity contribution in [2.24, 2.45) is 0 Å². The number of benzene rings is 1. The molecule has 0 saturated heterocycles. The van der Waals surface area contributed by atoms with Crippen molar-refractivity contribution in [3.05, 3.63) is 23.5 Å². The fourth-order valence-corrected chi connectivity index (χ4v) is 0.846. The van der Waals surface area contributed by atoms with Gasteiger partial charge in [-0.3, -0.25) is 4.79 Å². The summed E-state index contributed by atoms with van der Waals surface area (Å²) >= 11 is 0. The van der Waals surface area contributed by atoms with Crippen LogP contribution in [-0.2, 0) is 0 Å². The number of methoxy groups -OCH3 is 1. The highest BCUT2D eigenvalue weighted by molar-refractivity contribution is 5.77. The first-order valence-electron chi connectivity index (χ1n) is 3.21. The fourth-order valence-electron chi connectivity index (χ4n) is 0.846. The Bertz CT molecular complexity index is 309. The molecule has 0 unspecified atom stereocenters. The Hall–Kier alpha value is -1.58. The molecule has 1 N–H and O–H groups in total. The van der Waals surface area contributed by atoms with Crippen molar-refractivity contribution in [2.75, 3.05) is 7.11 Å². The van der Waals surface area contributed by atoms with Crippen LogP contribution in [-0.4, -0.2) is 18.5 Å². The maximum Gasteiger partial charge on any atom is 0.197 e. The van der Waals surface area contributed by atoms with Gasteiger partial charge in [0.05, 0.1) is 12.7 Å². The smallest absolute Gasteiger partial charge is 0.197 e. The molecular weight excluding hydrogens is 163 g/mol. The Kier molecular flexibility index (Phi) is 2.28. The molecular formula is C8H7FO3. The number of carbonyl (C=O) groups excluding carboxylic acids is 1. The normalized spacial score (nSPS) is 9.50. The van der Waals surface area contributed by atoms with Gasteiger partial charge < -0.3 is 9.84 Å². The van der Waals surface area contributed by atoms with E-state index in [1.807, 2.05) is 0 Å². The Morgan fingerprint density at radius 1 is 1.58 bits per heavy atom. The van der Waals surface area contributed by atoms with E-state index in [0.717, 1.165) is 0 Å². The van der Waals surface area contributed by atoms with Crippen LogP contribution in [0.15, 0.2) is 12.1 Å². The first kappa shape index (κ1) is 8.52. The first-order valence-corrected chi connectivity index (χ1v) is 3.21. The zero-order chi connectivity index (χ0) is 9.14. The van der Waals surface area contributed by atoms with Crippen LogP contribution < -0.4 is 4.74 Å². The van der Waals surface area contributed by atoms with Crippen LogP contribution in [0.1, 0.15) is 10.4 Å². The maximum atomic E-state index is 13.0. The van der Waals surface area contributed by atoms with Crippen LogP contribution in [0.2, 0.25) is 0 Å². The number of phenols is 1. The topological polar surface area (TPSA) is 46.5 Å². The summed E-state index contributed by atoms with van der Waals surface area (Å²) in [5, 5.41) is 9.03. The van der Waals surface area contributed by atoms with Gasteiger partial charge in [0.1, 0.15) is 0 Å². The molecule has 3 nitrogen and oxygen atoms in total. The quantitative estimate of drug-likeness (QED) is 0.681. The molecule has 0 aromatic heterocycles. The minimum atomic E-state index is -0.840. The van der Waals surface area contributed by atoms with Gasteiger partial charge in [-0.25, -0.2) is 4.39 Å². The van der Waals surface area contributed by atoms with Crippen LogP contribution in [0.4, 0.5) is 4.39 Å². The van der Waals surface area contributed by atoms with Gasteiger partial charge in [-0.05, 0) is 12.1 Å². The number of hydrogen-bond acceptors (Lipinski definition) is 3. The van der Waals surface area contributed by atoms with Crippen LogP contribution in [0.25, 0.3) is 0 Å². The first-order chi connectivity index (χ1) is 5.70. The Labute approximate surface area is 68.4 Å². The number of ether oxygens (including phenoxy) is 1. The molecule has 0 saturated carbocycles. The molecule has 0 fully saturated rings. The van der Waals surface area contributed by atoms with Gasteiger partial charge in [0.25, 0.3) is 0 Å². The van der Waals surface area contributed by atoms with Crippen molar-refractivity contribution in [3.8, 4) is 11.5 Å². The summed E-state index contributed by atoms with van der Waals surface area (Å²) in [5.74, 6) is -1.47. The Morgan fingerprint density at radius 2 is 2.25 bits per heavy atom. The van der Waals surface area contributed by atoms with E-state index in [4.69, 9.17) is 5.11 Å². The van der Waals surface area contributed by atoms with E-state index >= 15 is 0 Å². The molecule has 0 heterocycles. The summed E-state index contributed by atoms with van der Waals surface area (Å²) in [4.78, 5) is 10.2. The summed E-state index contributed by atoms with van der Waals surface area (Å²) in [6.07, 6.45) is 0.358. The largest absolute Gasteiger partial charge is 0.504 e. The van der Waals surface area contributed by atoms with E-state index in [2.05, 4.69) is 4.74 Å². The molecule has 0 aliphatic carbocycles. The Morgan fingerprint density at radius 3 is 2.75 bits per heavy atom. The van der Waals surface area contributed by atoms with Crippen molar-refractivity contribution < 1.29 is 19.0 Å². The minimum Gasteiger partial charge on any atom is -0.504 e. The number of halogens is 1. The average molecular weight is 170 g/mol. The van der Waals surface area contributed by atoms with E-state index < -0.39 is 5.82 Å². The SMILES string of the molecule is COc1c(O)ccc(C=O)c1F. The molecule has 1 aromatic rings. The number of aromatic hydroxyl groups is 1. The van der Waals surface area contributed by atoms with Crippen LogP contribution in [0.3, 0.4) is 0 Å². The molecule has 0 aliphatic rings. The second-order valence-corrected chi connectivity index (χ2v) is 2.14. The molecule has 0 bridgehead atoms. The van der Waals surface area contributed by atoms with Gasteiger partial charge in [0, 0.05) is 0 Å². The van der Waals surface area contributed by atoms with E-state index in [0.29, 0.717) is 6.29 Å². The molecule has 0 aliphatic heterocycles. The summed E-state index contributed by atoms with van der Waals surface area (Å²) < 4.78 is 17.6. The number of hydrogen-bond donors (Lipinski definition) is 1. The summed E-state index contributed by atoms with van der Waals surface area (Å²) in [5.41, 5.74) is -0.135. The fraction of sp³-hybridized carbons (Fsp3) is 0.125. The molecule has 64 valence electrons. The predicted molar refractivity (Wildman–Crippen MR) is 40.0 cm³/mol. The lowest BCUT2D eigenvalue weighted by Crippen LogP contribution is -1.93. The molecule has 0 amide bonds. The van der Waals surface area contributed by atoms with Crippen molar-refractivity contribution in [1.29, 1.82) is 0 Å². The molecule has 0 radical (unpaired) electrons. The lowest BCUT2D eigenvalue weighted by Gasteiger charge is -2.04. The second kappa shape index (κ2) is 3.21. The standard InChI is InChI=1S/C8H7FO3/c1-12-8-6(11)3-2-5(4-10)7(8)9/h2-4,11H,1H3. The average Bonchev–Trinajstić information content (AvgIpc) is 2.06. The maximum absolute atomic E-state index is 13.0. The molecule has 12 heavy (non-hydrogen) atoms. The minimum absolute atomic E-state index is 0.135. The monoisotopic (exact) mass is 170 g/mol. The highest BCUT2D eigenvalue weighted by atomic mass is 19.1. The third kappa shape index (κ3) is 1.23. The van der Waals surface area contributed by atoms with Gasteiger partial charge in [-0.2, -0.15) is 0 Å². The second-order valence-electron chi connectivity index (χ2n) is 2.14. The molecule has 1 rings (SSSR count). The third-order valence-electron chi connectivity index (χ3n) is 1.44. The van der Waals surface area contributed by atoms with Crippen LogP contribution in [0.5, 0.6) is 11.5 Å². The number of phenolic OH excluding ortho intramolecular Hbond substituents is 1. The lowest BCUT2D eigenvalue weighted by molar-refractivity contribution is 0.111. The molecule has 0 spiro atoms. The predicted octanol–water partition coefficient (Wildman–Crippen LogP) is 1.35. The van der Waals surface area contributed by atoms with E-state index in [1.54, 1.807) is 0 Å². The summed E-state index contributed by atoms with van der Waals surface area (Å²) in [6.45, 7) is 0. The lowest BCUT2D eigenvalue weighted by atomic mass is 10.2. The van der Waals surface area contributed by atoms with Crippen molar-refractivity contribution in [3.63, 3.8) is 0 Å². The Balaban J connectivity index is 3.33. The zero-order valence-electron chi connectivity index (χ0n) is 6.37. The van der Waals surface area contributed by atoms with Gasteiger partial charge in [-0.1, -0.05) is 0 Å². The molecule has 4 heteroatoms. The van der Waals surface area contributed by atoms with E-state index in [1.165, 1.54) is 19.2 Å². The van der Waals surface area contributed by atoms with Gasteiger partial charge in [0.2, 0.25) is 0 Å².